The number of carbonyl (C=O) groups excluding carboxylic acids is 3. The number of aliphatic carboxylic acids is 1. The molecule has 1 atom stereocenters. The van der Waals surface area contributed by atoms with Crippen molar-refractivity contribution in [2.45, 2.75) is 45.1 Å². The molecular weight excluding hydrogens is 488 g/mol. The number of carboxylic acids is 1. The summed E-state index contributed by atoms with van der Waals surface area (Å²) < 4.78 is 5.45. The number of amides is 4. The molecule has 38 heavy (non-hydrogen) atoms. The predicted octanol–water partition coefficient (Wildman–Crippen LogP) is 3.97. The van der Waals surface area contributed by atoms with E-state index >= 15 is 0 Å². The van der Waals surface area contributed by atoms with Gasteiger partial charge in [-0.05, 0) is 68.4 Å². The van der Waals surface area contributed by atoms with Crippen molar-refractivity contribution in [1.82, 2.24) is 9.80 Å². The molecule has 3 N–H and O–H groups in total. The monoisotopic (exact) mass is 522 g/mol. The second-order valence-electron chi connectivity index (χ2n) is 9.83. The fourth-order valence-electron chi connectivity index (χ4n) is 5.16. The second kappa shape index (κ2) is 12.0. The molecule has 0 radical (unpaired) electrons. The summed E-state index contributed by atoms with van der Waals surface area (Å²) >= 11 is 0. The van der Waals surface area contributed by atoms with E-state index in [1.807, 2.05) is 25.1 Å². The number of ether oxygens (including phenoxy) is 1. The Morgan fingerprint density at radius 3 is 2.37 bits per heavy atom. The van der Waals surface area contributed by atoms with Crippen molar-refractivity contribution >= 4 is 35.2 Å². The minimum atomic E-state index is -0.814. The van der Waals surface area contributed by atoms with Gasteiger partial charge in [-0.25, -0.2) is 4.79 Å². The van der Waals surface area contributed by atoms with Crippen LogP contribution in [0.3, 0.4) is 0 Å². The summed E-state index contributed by atoms with van der Waals surface area (Å²) in [5, 5.41) is 14.6. The van der Waals surface area contributed by atoms with Gasteiger partial charge < -0.3 is 30.3 Å². The number of para-hydroxylation sites is 1. The lowest BCUT2D eigenvalue weighted by Gasteiger charge is -2.35. The standard InChI is InChI=1S/C28H34N4O6/c1-18-6-3-4-7-21(18)29-28(37)30-22-10-9-20(17-24(22)38-2)26(35)32-13-5-8-23(32)27(36)31-14-11-19(12-15-31)16-25(33)34/h3-4,6-7,9-10,17,19,23H,5,8,11-16H2,1-2H3,(H,33,34)(H2,29,30,37)/t23-/m0/s1. The van der Waals surface area contributed by atoms with Crippen LogP contribution in [0, 0.1) is 12.8 Å². The molecule has 0 aliphatic carbocycles. The Balaban J connectivity index is 1.41. The van der Waals surface area contributed by atoms with E-state index in [1.54, 1.807) is 34.1 Å². The topological polar surface area (TPSA) is 128 Å². The van der Waals surface area contributed by atoms with Crippen LogP contribution in [-0.2, 0) is 9.59 Å². The van der Waals surface area contributed by atoms with Crippen LogP contribution in [0.2, 0.25) is 0 Å². The smallest absolute Gasteiger partial charge is 0.323 e. The van der Waals surface area contributed by atoms with Gasteiger partial charge in [-0.1, -0.05) is 18.2 Å². The second-order valence-corrected chi connectivity index (χ2v) is 9.83. The molecule has 2 aliphatic heterocycles. The number of piperidine rings is 1. The van der Waals surface area contributed by atoms with E-state index in [0.29, 0.717) is 61.6 Å². The highest BCUT2D eigenvalue weighted by Crippen LogP contribution is 2.30. The van der Waals surface area contributed by atoms with Crippen LogP contribution < -0.4 is 15.4 Å². The molecular formula is C28H34N4O6. The molecule has 2 fully saturated rings. The van der Waals surface area contributed by atoms with E-state index in [4.69, 9.17) is 9.84 Å². The summed E-state index contributed by atoms with van der Waals surface area (Å²) in [7, 11) is 1.46. The number of likely N-dealkylation sites (tertiary alicyclic amines) is 2. The molecule has 2 aromatic rings. The van der Waals surface area contributed by atoms with Crippen LogP contribution in [-0.4, -0.2) is 71.5 Å². The first-order valence-electron chi connectivity index (χ1n) is 12.9. The predicted molar refractivity (Wildman–Crippen MR) is 142 cm³/mol. The van der Waals surface area contributed by atoms with Crippen LogP contribution in [0.1, 0.15) is 48.0 Å². The highest BCUT2D eigenvalue weighted by Gasteiger charge is 2.38. The number of urea groups is 1. The molecule has 0 unspecified atom stereocenters. The lowest BCUT2D eigenvalue weighted by atomic mass is 9.93. The lowest BCUT2D eigenvalue weighted by Crippen LogP contribution is -2.50. The lowest BCUT2D eigenvalue weighted by molar-refractivity contribution is -0.139. The third-order valence-corrected chi connectivity index (χ3v) is 7.28. The molecule has 4 rings (SSSR count). The molecule has 0 bridgehead atoms. The van der Waals surface area contributed by atoms with Gasteiger partial charge in [-0.2, -0.15) is 0 Å². The molecule has 4 amide bonds. The van der Waals surface area contributed by atoms with Crippen molar-refractivity contribution in [1.29, 1.82) is 0 Å². The maximum Gasteiger partial charge on any atom is 0.323 e. The number of hydrogen-bond donors (Lipinski definition) is 3. The van der Waals surface area contributed by atoms with Gasteiger partial charge in [0, 0.05) is 37.3 Å². The van der Waals surface area contributed by atoms with Gasteiger partial charge in [0.25, 0.3) is 5.91 Å². The van der Waals surface area contributed by atoms with Gasteiger partial charge in [-0.3, -0.25) is 14.4 Å². The molecule has 0 saturated carbocycles. The van der Waals surface area contributed by atoms with Crippen LogP contribution in [0.4, 0.5) is 16.2 Å². The summed E-state index contributed by atoms with van der Waals surface area (Å²) in [5.41, 5.74) is 2.39. The van der Waals surface area contributed by atoms with Crippen LogP contribution in [0.25, 0.3) is 0 Å². The molecule has 10 heteroatoms. The molecule has 2 aromatic carbocycles. The Labute approximate surface area is 221 Å². The molecule has 0 aromatic heterocycles. The zero-order valence-corrected chi connectivity index (χ0v) is 21.7. The minimum absolute atomic E-state index is 0.0799. The SMILES string of the molecule is COc1cc(C(=O)N2CCC[C@H]2C(=O)N2CCC(CC(=O)O)CC2)ccc1NC(=O)Nc1ccccc1C. The van der Waals surface area contributed by atoms with Crippen LogP contribution >= 0.6 is 0 Å². The first-order valence-corrected chi connectivity index (χ1v) is 12.9. The number of benzene rings is 2. The molecule has 2 aliphatic rings. The average Bonchev–Trinajstić information content (AvgIpc) is 3.39. The molecule has 10 nitrogen and oxygen atoms in total. The van der Waals surface area contributed by atoms with Gasteiger partial charge in [-0.15, -0.1) is 0 Å². The number of anilines is 2. The Bertz CT molecular complexity index is 1210. The largest absolute Gasteiger partial charge is 0.495 e. The van der Waals surface area contributed by atoms with E-state index in [1.165, 1.54) is 7.11 Å². The van der Waals surface area contributed by atoms with E-state index in [2.05, 4.69) is 10.6 Å². The van der Waals surface area contributed by atoms with E-state index < -0.39 is 18.0 Å². The summed E-state index contributed by atoms with van der Waals surface area (Å²) in [6.07, 6.45) is 2.75. The highest BCUT2D eigenvalue weighted by molar-refractivity contribution is 6.02. The first-order chi connectivity index (χ1) is 18.3. The number of carboxylic acid groups (broad SMARTS) is 1. The summed E-state index contributed by atoms with van der Waals surface area (Å²) in [6.45, 7) is 3.39. The Hall–Kier alpha value is -4.08. The Morgan fingerprint density at radius 1 is 0.974 bits per heavy atom. The fraction of sp³-hybridized carbons (Fsp3) is 0.429. The Morgan fingerprint density at radius 2 is 1.68 bits per heavy atom. The van der Waals surface area contributed by atoms with Gasteiger partial charge in [0.05, 0.1) is 12.8 Å². The van der Waals surface area contributed by atoms with Crippen molar-refractivity contribution in [3.8, 4) is 5.75 Å². The maximum atomic E-state index is 13.4. The van der Waals surface area contributed by atoms with Crippen molar-refractivity contribution in [2.24, 2.45) is 5.92 Å². The normalized spacial score (nSPS) is 17.7. The highest BCUT2D eigenvalue weighted by atomic mass is 16.5. The quantitative estimate of drug-likeness (QED) is 0.505. The van der Waals surface area contributed by atoms with Crippen LogP contribution in [0.15, 0.2) is 42.5 Å². The van der Waals surface area contributed by atoms with Gasteiger partial charge in [0.1, 0.15) is 11.8 Å². The fourth-order valence-corrected chi connectivity index (χ4v) is 5.16. The zero-order chi connectivity index (χ0) is 27.2. The van der Waals surface area contributed by atoms with Crippen LogP contribution in [0.5, 0.6) is 5.75 Å². The van der Waals surface area contributed by atoms with Gasteiger partial charge in [0.2, 0.25) is 5.91 Å². The summed E-state index contributed by atoms with van der Waals surface area (Å²) in [4.78, 5) is 53.6. The van der Waals surface area contributed by atoms with E-state index in [9.17, 15) is 19.2 Å². The Kier molecular flexibility index (Phi) is 8.50. The number of carbonyl (C=O) groups is 4. The van der Waals surface area contributed by atoms with Crippen molar-refractivity contribution in [3.05, 3.63) is 53.6 Å². The minimum Gasteiger partial charge on any atom is -0.495 e. The molecule has 2 heterocycles. The molecule has 0 spiro atoms. The average molecular weight is 523 g/mol. The number of nitrogens with zero attached hydrogens (tertiary/aromatic N) is 2. The van der Waals surface area contributed by atoms with E-state index in [-0.39, 0.29) is 24.2 Å². The summed E-state index contributed by atoms with van der Waals surface area (Å²) in [5.74, 6) is -0.751. The number of methoxy groups -OCH3 is 1. The number of nitrogens with one attached hydrogen (secondary N) is 2. The van der Waals surface area contributed by atoms with Gasteiger partial charge >= 0.3 is 12.0 Å². The zero-order valence-electron chi connectivity index (χ0n) is 21.7. The van der Waals surface area contributed by atoms with Gasteiger partial charge in [0.15, 0.2) is 0 Å². The number of aryl methyl sites for hydroxylation is 1. The molecule has 2 saturated heterocycles. The third-order valence-electron chi connectivity index (χ3n) is 7.28. The van der Waals surface area contributed by atoms with Crippen molar-refractivity contribution in [3.63, 3.8) is 0 Å². The van der Waals surface area contributed by atoms with E-state index in [0.717, 1.165) is 12.0 Å². The number of hydrogen-bond acceptors (Lipinski definition) is 5. The van der Waals surface area contributed by atoms with Crippen molar-refractivity contribution < 1.29 is 29.0 Å². The number of rotatable bonds is 7. The third kappa shape index (κ3) is 6.24. The summed E-state index contributed by atoms with van der Waals surface area (Å²) in [6, 6.07) is 11.3. The molecule has 202 valence electrons. The van der Waals surface area contributed by atoms with Crippen molar-refractivity contribution in [2.75, 3.05) is 37.4 Å². The first kappa shape index (κ1) is 27.0. The maximum absolute atomic E-state index is 13.4.